The fourth-order valence-corrected chi connectivity index (χ4v) is 2.82. The van der Waals surface area contributed by atoms with Crippen LogP contribution in [0.5, 0.6) is 0 Å². The number of carbonyl (C=O) groups is 1. The van der Waals surface area contributed by atoms with Crippen molar-refractivity contribution < 1.29 is 14.0 Å². The number of rotatable bonds is 6. The summed E-state index contributed by atoms with van der Waals surface area (Å²) in [5, 5.41) is 8.16. The van der Waals surface area contributed by atoms with Crippen molar-refractivity contribution in [3.63, 3.8) is 0 Å². The second kappa shape index (κ2) is 6.63. The van der Waals surface area contributed by atoms with Crippen LogP contribution in [0.2, 0.25) is 0 Å². The highest BCUT2D eigenvalue weighted by atomic mass is 32.2. The summed E-state index contributed by atoms with van der Waals surface area (Å²) in [7, 11) is 0. The number of aromatic amines is 1. The third-order valence-electron chi connectivity index (χ3n) is 2.96. The number of aromatic nitrogens is 3. The van der Waals surface area contributed by atoms with Crippen LogP contribution in [0.15, 0.2) is 40.2 Å². The highest BCUT2D eigenvalue weighted by molar-refractivity contribution is 7.98. The van der Waals surface area contributed by atoms with Gasteiger partial charge in [-0.2, -0.15) is 5.10 Å². The quantitative estimate of drug-likeness (QED) is 0.536. The monoisotopic (exact) mass is 318 g/mol. The molecule has 1 aromatic carbocycles. The molecule has 2 heterocycles. The number of para-hydroxylation sites is 1. The molecule has 114 valence electrons. The second-order valence-electron chi connectivity index (χ2n) is 4.35. The van der Waals surface area contributed by atoms with E-state index >= 15 is 0 Å². The lowest BCUT2D eigenvalue weighted by atomic mass is 10.1. The Labute approximate surface area is 130 Å². The van der Waals surface area contributed by atoms with Crippen molar-refractivity contribution in [2.24, 2.45) is 0 Å². The molecule has 0 saturated carbocycles. The van der Waals surface area contributed by atoms with Crippen LogP contribution in [0.4, 0.5) is 0 Å². The van der Waals surface area contributed by atoms with E-state index in [1.54, 1.807) is 6.92 Å². The molecule has 8 heteroatoms. The van der Waals surface area contributed by atoms with Gasteiger partial charge in [0.2, 0.25) is 0 Å². The van der Waals surface area contributed by atoms with E-state index in [0.717, 1.165) is 10.9 Å². The van der Waals surface area contributed by atoms with Gasteiger partial charge in [-0.1, -0.05) is 30.0 Å². The maximum Gasteiger partial charge on any atom is 0.310 e. The summed E-state index contributed by atoms with van der Waals surface area (Å²) in [6, 6.07) is 7.52. The van der Waals surface area contributed by atoms with Gasteiger partial charge in [-0.05, 0) is 13.0 Å². The molecule has 7 nitrogen and oxygen atoms in total. The molecular formula is C14H14N4O3S. The second-order valence-corrected chi connectivity index (χ2v) is 5.31. The summed E-state index contributed by atoms with van der Waals surface area (Å²) in [6.45, 7) is 2.17. The summed E-state index contributed by atoms with van der Waals surface area (Å²) in [5.74, 6) is 0.383. The zero-order chi connectivity index (χ0) is 15.4. The molecule has 3 rings (SSSR count). The molecule has 0 atom stereocenters. The van der Waals surface area contributed by atoms with Crippen LogP contribution in [0.25, 0.3) is 11.0 Å². The van der Waals surface area contributed by atoms with Crippen molar-refractivity contribution >= 4 is 28.6 Å². The summed E-state index contributed by atoms with van der Waals surface area (Å²) >= 11 is 1.45. The van der Waals surface area contributed by atoms with Crippen molar-refractivity contribution in [3.05, 3.63) is 41.9 Å². The highest BCUT2D eigenvalue weighted by Crippen LogP contribution is 2.30. The van der Waals surface area contributed by atoms with Crippen molar-refractivity contribution in [1.29, 1.82) is 0 Å². The minimum atomic E-state index is -0.397. The maximum absolute atomic E-state index is 12.2. The van der Waals surface area contributed by atoms with Crippen LogP contribution >= 0.6 is 11.8 Å². The number of hydroxylamine groups is 1. The average Bonchev–Trinajstić information content (AvgIpc) is 3.17. The predicted molar refractivity (Wildman–Crippen MR) is 81.2 cm³/mol. The SMILES string of the molecule is CCONC(=O)c1oc2ccccc2c1CSc1ncn[nH]1. The Morgan fingerprint density at radius 1 is 1.45 bits per heavy atom. The molecule has 0 spiro atoms. The number of thioether (sulfide) groups is 1. The number of fused-ring (bicyclic) bond motifs is 1. The van der Waals surface area contributed by atoms with Crippen molar-refractivity contribution in [1.82, 2.24) is 20.7 Å². The first kappa shape index (κ1) is 14.6. The number of carbonyl (C=O) groups excluding carboxylic acids is 1. The first-order valence-corrected chi connectivity index (χ1v) is 7.69. The number of hydrogen-bond donors (Lipinski definition) is 2. The van der Waals surface area contributed by atoms with E-state index in [4.69, 9.17) is 9.25 Å². The van der Waals surface area contributed by atoms with Gasteiger partial charge in [0.1, 0.15) is 11.9 Å². The smallest absolute Gasteiger partial charge is 0.310 e. The summed E-state index contributed by atoms with van der Waals surface area (Å²) in [5.41, 5.74) is 3.83. The van der Waals surface area contributed by atoms with Gasteiger partial charge in [0, 0.05) is 16.7 Å². The molecule has 0 aliphatic rings. The van der Waals surface area contributed by atoms with Gasteiger partial charge in [-0.15, -0.1) is 0 Å². The number of hydrogen-bond acceptors (Lipinski definition) is 6. The Bertz CT molecular complexity index is 770. The predicted octanol–water partition coefficient (Wildman–Crippen LogP) is 2.52. The summed E-state index contributed by atoms with van der Waals surface area (Å²) in [6.07, 6.45) is 1.44. The van der Waals surface area contributed by atoms with Gasteiger partial charge in [0.25, 0.3) is 0 Å². The van der Waals surface area contributed by atoms with Crippen molar-refractivity contribution in [2.75, 3.05) is 6.61 Å². The van der Waals surface area contributed by atoms with Crippen molar-refractivity contribution in [3.8, 4) is 0 Å². The summed E-state index contributed by atoms with van der Waals surface area (Å²) < 4.78 is 5.68. The number of H-pyrrole nitrogens is 1. The van der Waals surface area contributed by atoms with Crippen LogP contribution in [0.1, 0.15) is 23.0 Å². The van der Waals surface area contributed by atoms with Gasteiger partial charge in [0.05, 0.1) is 6.61 Å². The lowest BCUT2D eigenvalue weighted by molar-refractivity contribution is 0.0341. The molecule has 0 unspecified atom stereocenters. The molecule has 0 aliphatic heterocycles. The number of nitrogens with zero attached hydrogens (tertiary/aromatic N) is 2. The Balaban J connectivity index is 1.92. The van der Waals surface area contributed by atoms with Crippen LogP contribution in [0.3, 0.4) is 0 Å². The Hall–Kier alpha value is -2.32. The number of amides is 1. The molecule has 0 saturated heterocycles. The average molecular weight is 318 g/mol. The lowest BCUT2D eigenvalue weighted by Crippen LogP contribution is -2.24. The first-order valence-electron chi connectivity index (χ1n) is 6.70. The van der Waals surface area contributed by atoms with E-state index in [9.17, 15) is 4.79 Å². The zero-order valence-electron chi connectivity index (χ0n) is 11.8. The molecule has 2 aromatic heterocycles. The molecule has 0 radical (unpaired) electrons. The van der Waals surface area contributed by atoms with E-state index in [1.807, 2.05) is 24.3 Å². The molecule has 3 aromatic rings. The number of benzene rings is 1. The Morgan fingerprint density at radius 2 is 2.32 bits per heavy atom. The minimum absolute atomic E-state index is 0.252. The fourth-order valence-electron chi connectivity index (χ4n) is 2.01. The Kier molecular flexibility index (Phi) is 4.40. The fraction of sp³-hybridized carbons (Fsp3) is 0.214. The van der Waals surface area contributed by atoms with Gasteiger partial charge < -0.3 is 4.42 Å². The van der Waals surface area contributed by atoms with Gasteiger partial charge in [-0.25, -0.2) is 10.5 Å². The number of nitrogens with one attached hydrogen (secondary N) is 2. The highest BCUT2D eigenvalue weighted by Gasteiger charge is 2.21. The zero-order valence-corrected chi connectivity index (χ0v) is 12.6. The molecule has 2 N–H and O–H groups in total. The third kappa shape index (κ3) is 2.97. The lowest BCUT2D eigenvalue weighted by Gasteiger charge is -2.03. The molecule has 0 aliphatic carbocycles. The maximum atomic E-state index is 12.2. The molecule has 0 fully saturated rings. The molecule has 0 bridgehead atoms. The van der Waals surface area contributed by atoms with Gasteiger partial charge in [-0.3, -0.25) is 14.7 Å². The van der Waals surface area contributed by atoms with Crippen LogP contribution in [-0.2, 0) is 10.6 Å². The van der Waals surface area contributed by atoms with Crippen molar-refractivity contribution in [2.45, 2.75) is 17.8 Å². The first-order chi connectivity index (χ1) is 10.8. The van der Waals surface area contributed by atoms with Crippen LogP contribution < -0.4 is 5.48 Å². The van der Waals surface area contributed by atoms with E-state index in [-0.39, 0.29) is 5.76 Å². The van der Waals surface area contributed by atoms with Crippen LogP contribution in [-0.4, -0.2) is 27.7 Å². The standard InChI is InChI=1S/C14H14N4O3S/c1-2-20-18-13(19)12-10(7-22-14-15-8-16-17-14)9-5-3-4-6-11(9)21-12/h3-6,8H,2,7H2,1H3,(H,18,19)(H,15,16,17). The van der Waals surface area contributed by atoms with E-state index in [0.29, 0.717) is 23.1 Å². The normalized spacial score (nSPS) is 11.0. The summed E-state index contributed by atoms with van der Waals surface area (Å²) in [4.78, 5) is 21.2. The van der Waals surface area contributed by atoms with E-state index in [1.165, 1.54) is 18.1 Å². The molecule has 1 amide bonds. The van der Waals surface area contributed by atoms with Gasteiger partial charge in [0.15, 0.2) is 10.9 Å². The van der Waals surface area contributed by atoms with E-state index in [2.05, 4.69) is 20.7 Å². The molecular weight excluding hydrogens is 304 g/mol. The molecule has 22 heavy (non-hydrogen) atoms. The van der Waals surface area contributed by atoms with E-state index < -0.39 is 5.91 Å². The Morgan fingerprint density at radius 3 is 3.09 bits per heavy atom. The minimum Gasteiger partial charge on any atom is -0.450 e. The van der Waals surface area contributed by atoms with Gasteiger partial charge >= 0.3 is 5.91 Å². The third-order valence-corrected chi connectivity index (χ3v) is 3.86. The topological polar surface area (TPSA) is 93.0 Å². The van der Waals surface area contributed by atoms with Crippen LogP contribution in [0, 0.1) is 0 Å². The number of furan rings is 1. The largest absolute Gasteiger partial charge is 0.450 e.